The summed E-state index contributed by atoms with van der Waals surface area (Å²) in [5, 5.41) is 0. The van der Waals surface area contributed by atoms with Crippen LogP contribution in [0, 0.1) is 11.8 Å². The zero-order chi connectivity index (χ0) is 22.4. The summed E-state index contributed by atoms with van der Waals surface area (Å²) in [5.74, 6) is 1.45. The van der Waals surface area contributed by atoms with E-state index in [0.29, 0.717) is 18.0 Å². The molecular formula is C26H24N4O2S. The summed E-state index contributed by atoms with van der Waals surface area (Å²) in [6, 6.07) is 24.9. The molecule has 2 atom stereocenters. The van der Waals surface area contributed by atoms with E-state index in [0.717, 1.165) is 41.1 Å². The Bertz CT molecular complexity index is 1410. The second-order valence-electron chi connectivity index (χ2n) is 8.83. The summed E-state index contributed by atoms with van der Waals surface area (Å²) >= 11 is 0. The Morgan fingerprint density at radius 2 is 1.36 bits per heavy atom. The molecule has 4 aromatic rings. The molecule has 0 saturated carbocycles. The van der Waals surface area contributed by atoms with Gasteiger partial charge in [0.05, 0.1) is 22.1 Å². The van der Waals surface area contributed by atoms with E-state index in [1.165, 1.54) is 0 Å². The minimum absolute atomic E-state index is 0.289. The van der Waals surface area contributed by atoms with Gasteiger partial charge in [-0.3, -0.25) is 4.98 Å². The van der Waals surface area contributed by atoms with Gasteiger partial charge in [-0.1, -0.05) is 60.7 Å². The molecule has 0 spiro atoms. The van der Waals surface area contributed by atoms with Gasteiger partial charge in [0.25, 0.3) is 0 Å². The van der Waals surface area contributed by atoms with E-state index in [1.807, 2.05) is 72.9 Å². The molecule has 6 nitrogen and oxygen atoms in total. The lowest BCUT2D eigenvalue weighted by molar-refractivity contribution is 0.453. The van der Waals surface area contributed by atoms with Crippen molar-refractivity contribution in [1.29, 1.82) is 0 Å². The van der Waals surface area contributed by atoms with Gasteiger partial charge in [0.15, 0.2) is 0 Å². The fourth-order valence-corrected chi connectivity index (χ4v) is 6.89. The molecule has 1 aromatic heterocycles. The molecule has 166 valence electrons. The number of hydrogen-bond acceptors (Lipinski definition) is 5. The van der Waals surface area contributed by atoms with E-state index >= 15 is 0 Å². The smallest absolute Gasteiger partial charge is 0.243 e. The van der Waals surface area contributed by atoms with Crippen LogP contribution in [0.25, 0.3) is 22.2 Å². The first-order chi connectivity index (χ1) is 16.1. The normalized spacial score (nSPS) is 20.9. The lowest BCUT2D eigenvalue weighted by Gasteiger charge is -2.23. The lowest BCUT2D eigenvalue weighted by atomic mass is 10.0. The summed E-state index contributed by atoms with van der Waals surface area (Å²) in [6.07, 6.45) is 1.83. The number of para-hydroxylation sites is 2. The highest BCUT2D eigenvalue weighted by molar-refractivity contribution is 7.89. The maximum Gasteiger partial charge on any atom is 0.243 e. The van der Waals surface area contributed by atoms with Gasteiger partial charge in [-0.05, 0) is 35.6 Å². The molecule has 2 aliphatic heterocycles. The molecule has 2 aliphatic rings. The number of aromatic nitrogens is 2. The summed E-state index contributed by atoms with van der Waals surface area (Å²) < 4.78 is 29.0. The van der Waals surface area contributed by atoms with Crippen molar-refractivity contribution in [1.82, 2.24) is 14.3 Å². The second kappa shape index (κ2) is 7.93. The fourth-order valence-electron chi connectivity index (χ4n) is 5.12. The molecule has 6 rings (SSSR count). The van der Waals surface area contributed by atoms with Crippen LogP contribution in [-0.4, -0.2) is 48.9 Å². The van der Waals surface area contributed by atoms with Crippen LogP contribution < -0.4 is 4.90 Å². The Labute approximate surface area is 193 Å². The summed E-state index contributed by atoms with van der Waals surface area (Å²) in [6.45, 7) is 2.66. The summed E-state index contributed by atoms with van der Waals surface area (Å²) in [5.41, 5.74) is 3.43. The SMILES string of the molecule is O=S(=O)(c1ccccc1-c1ccccc1)N1CC2CN(c3cnc4ccccc4n3)CC2C1. The van der Waals surface area contributed by atoms with Crippen LogP contribution in [0.4, 0.5) is 5.82 Å². The number of nitrogens with zero attached hydrogens (tertiary/aromatic N) is 4. The largest absolute Gasteiger partial charge is 0.355 e. The van der Waals surface area contributed by atoms with Gasteiger partial charge in [-0.2, -0.15) is 4.31 Å². The third-order valence-electron chi connectivity index (χ3n) is 6.80. The Morgan fingerprint density at radius 1 is 0.727 bits per heavy atom. The Hall–Kier alpha value is -3.29. The van der Waals surface area contributed by atoms with Gasteiger partial charge in [-0.25, -0.2) is 13.4 Å². The van der Waals surface area contributed by atoms with E-state index in [4.69, 9.17) is 4.98 Å². The summed E-state index contributed by atoms with van der Waals surface area (Å²) in [4.78, 5) is 11.9. The van der Waals surface area contributed by atoms with Crippen molar-refractivity contribution in [2.45, 2.75) is 4.90 Å². The average Bonchev–Trinajstić information content (AvgIpc) is 3.45. The molecule has 0 aliphatic carbocycles. The van der Waals surface area contributed by atoms with Crippen LogP contribution in [0.15, 0.2) is 90.0 Å². The minimum atomic E-state index is -3.58. The van der Waals surface area contributed by atoms with Gasteiger partial charge in [0, 0.05) is 31.7 Å². The van der Waals surface area contributed by atoms with Crippen LogP contribution in [0.5, 0.6) is 0 Å². The number of hydrogen-bond donors (Lipinski definition) is 0. The molecule has 33 heavy (non-hydrogen) atoms. The second-order valence-corrected chi connectivity index (χ2v) is 10.7. The predicted octanol–water partition coefficient (Wildman–Crippen LogP) is 4.05. The molecule has 2 unspecified atom stereocenters. The molecule has 0 radical (unpaired) electrons. The lowest BCUT2D eigenvalue weighted by Crippen LogP contribution is -2.33. The van der Waals surface area contributed by atoms with Gasteiger partial charge in [0.1, 0.15) is 5.82 Å². The Morgan fingerprint density at radius 3 is 2.12 bits per heavy atom. The third-order valence-corrected chi connectivity index (χ3v) is 8.69. The zero-order valence-electron chi connectivity index (χ0n) is 18.1. The number of anilines is 1. The first kappa shape index (κ1) is 20.3. The first-order valence-corrected chi connectivity index (χ1v) is 12.6. The monoisotopic (exact) mass is 456 g/mol. The van der Waals surface area contributed by atoms with Crippen LogP contribution in [0.1, 0.15) is 0 Å². The molecule has 3 aromatic carbocycles. The van der Waals surface area contributed by atoms with Gasteiger partial charge in [-0.15, -0.1) is 0 Å². The zero-order valence-corrected chi connectivity index (χ0v) is 18.9. The van der Waals surface area contributed by atoms with E-state index in [1.54, 1.807) is 16.4 Å². The van der Waals surface area contributed by atoms with E-state index in [-0.39, 0.29) is 11.8 Å². The summed E-state index contributed by atoms with van der Waals surface area (Å²) in [7, 11) is -3.58. The molecule has 0 amide bonds. The van der Waals surface area contributed by atoms with Crippen LogP contribution in [0.3, 0.4) is 0 Å². The molecule has 2 fully saturated rings. The first-order valence-electron chi connectivity index (χ1n) is 11.2. The highest BCUT2D eigenvalue weighted by atomic mass is 32.2. The van der Waals surface area contributed by atoms with Crippen molar-refractivity contribution >= 4 is 26.9 Å². The standard InChI is InChI=1S/C26H24N4O2S/c31-33(32,25-13-7-4-10-22(25)19-8-2-1-3-9-19)30-17-20-15-29(16-21(20)18-30)26-14-27-23-11-5-6-12-24(23)28-26/h1-14,20-21H,15-18H2. The molecule has 7 heteroatoms. The maximum atomic E-state index is 13.6. The molecule has 2 saturated heterocycles. The van der Waals surface area contributed by atoms with Crippen molar-refractivity contribution in [2.75, 3.05) is 31.1 Å². The van der Waals surface area contributed by atoms with E-state index in [9.17, 15) is 8.42 Å². The van der Waals surface area contributed by atoms with Crippen molar-refractivity contribution in [2.24, 2.45) is 11.8 Å². The number of sulfonamides is 1. The molecular weight excluding hydrogens is 432 g/mol. The minimum Gasteiger partial charge on any atom is -0.355 e. The number of rotatable bonds is 4. The molecule has 0 N–H and O–H groups in total. The van der Waals surface area contributed by atoms with Gasteiger partial charge >= 0.3 is 0 Å². The van der Waals surface area contributed by atoms with Crippen molar-refractivity contribution in [3.63, 3.8) is 0 Å². The van der Waals surface area contributed by atoms with E-state index < -0.39 is 10.0 Å². The quantitative estimate of drug-likeness (QED) is 0.463. The predicted molar refractivity (Wildman–Crippen MR) is 129 cm³/mol. The fraction of sp³-hybridized carbons (Fsp3) is 0.231. The van der Waals surface area contributed by atoms with Crippen molar-refractivity contribution in [3.05, 3.63) is 85.1 Å². The number of benzene rings is 3. The topological polar surface area (TPSA) is 66.4 Å². The highest BCUT2D eigenvalue weighted by Gasteiger charge is 2.45. The van der Waals surface area contributed by atoms with Gasteiger partial charge in [0.2, 0.25) is 10.0 Å². The third kappa shape index (κ3) is 3.57. The van der Waals surface area contributed by atoms with Crippen LogP contribution in [-0.2, 0) is 10.0 Å². The van der Waals surface area contributed by atoms with E-state index in [2.05, 4.69) is 9.88 Å². The number of fused-ring (bicyclic) bond motifs is 2. The van der Waals surface area contributed by atoms with Crippen LogP contribution >= 0.6 is 0 Å². The Balaban J connectivity index is 1.23. The molecule has 0 bridgehead atoms. The molecule has 3 heterocycles. The maximum absolute atomic E-state index is 13.6. The average molecular weight is 457 g/mol. The highest BCUT2D eigenvalue weighted by Crippen LogP contribution is 2.38. The van der Waals surface area contributed by atoms with Crippen molar-refractivity contribution < 1.29 is 8.42 Å². The van der Waals surface area contributed by atoms with Crippen LogP contribution in [0.2, 0.25) is 0 Å². The Kier molecular flexibility index (Phi) is 4.89. The van der Waals surface area contributed by atoms with Crippen molar-refractivity contribution in [3.8, 4) is 11.1 Å². The van der Waals surface area contributed by atoms with Gasteiger partial charge < -0.3 is 4.90 Å².